The van der Waals surface area contributed by atoms with Crippen LogP contribution in [0.25, 0.3) is 23.0 Å². The number of furan rings is 5. The van der Waals surface area contributed by atoms with E-state index in [2.05, 4.69) is 61.8 Å². The Labute approximate surface area is 289 Å². The summed E-state index contributed by atoms with van der Waals surface area (Å²) >= 11 is 0. The Kier molecular flexibility index (Phi) is 10.1. The van der Waals surface area contributed by atoms with Crippen LogP contribution in [0.5, 0.6) is 0 Å². The van der Waals surface area contributed by atoms with Crippen LogP contribution in [0, 0.1) is 0 Å². The van der Waals surface area contributed by atoms with E-state index in [0.717, 1.165) is 126 Å². The van der Waals surface area contributed by atoms with Crippen LogP contribution in [0.1, 0.15) is 75.1 Å². The average molecular weight is 671 g/mol. The molecule has 5 aromatic rings. The Balaban J connectivity index is 0.961. The lowest BCUT2D eigenvalue weighted by Gasteiger charge is -2.26. The minimum Gasteiger partial charge on any atom is -0.465 e. The van der Waals surface area contributed by atoms with Crippen LogP contribution in [0.3, 0.4) is 0 Å². The molecule has 0 aliphatic carbocycles. The quantitative estimate of drug-likeness (QED) is 0.116. The lowest BCUT2D eigenvalue weighted by atomic mass is 9.87. The molecule has 2 aliphatic heterocycles. The zero-order valence-electron chi connectivity index (χ0n) is 29.4. The number of rotatable bonds is 14. The van der Waals surface area contributed by atoms with Gasteiger partial charge < -0.3 is 31.6 Å². The summed E-state index contributed by atoms with van der Waals surface area (Å²) in [6.07, 6.45) is 3.95. The molecule has 0 atom stereocenters. The molecule has 262 valence electrons. The number of hydrogen-bond donors (Lipinski definition) is 0. The zero-order chi connectivity index (χ0) is 33.8. The van der Waals surface area contributed by atoms with Gasteiger partial charge in [-0.05, 0) is 114 Å². The van der Waals surface area contributed by atoms with E-state index in [0.29, 0.717) is 23.0 Å². The number of aryl methyl sites for hydroxylation is 2. The number of ether oxygens (including phenoxy) is 2. The molecule has 0 amide bonds. The fourth-order valence-corrected chi connectivity index (χ4v) is 6.76. The molecular formula is C40H50N2O7. The molecule has 5 aromatic heterocycles. The van der Waals surface area contributed by atoms with Crippen molar-refractivity contribution in [3.05, 3.63) is 95.2 Å². The molecule has 9 nitrogen and oxygen atoms in total. The standard InChI is InChI=1S/C40H50N2O7/c1-39(2,35-15-9-29(45-35)7-5-19-41-21-25-43-26-22-41)37-17-13-33(48-37)31-11-12-32(47-31)34-14-18-38(49-34)40(3,4)36-16-10-30(46-36)8-6-20-42-23-27-44-28-24-42/h9-18H,5-8,19-28H2,1-4H3. The molecule has 0 aromatic carbocycles. The highest BCUT2D eigenvalue weighted by Crippen LogP contribution is 2.39. The van der Waals surface area contributed by atoms with Crippen LogP contribution < -0.4 is 0 Å². The van der Waals surface area contributed by atoms with E-state index in [-0.39, 0.29) is 0 Å². The average Bonchev–Trinajstić information content (AvgIpc) is 3.95. The van der Waals surface area contributed by atoms with Crippen molar-refractivity contribution < 1.29 is 31.6 Å². The van der Waals surface area contributed by atoms with Gasteiger partial charge in [-0.1, -0.05) is 0 Å². The van der Waals surface area contributed by atoms with Crippen molar-refractivity contribution in [3.8, 4) is 23.0 Å². The van der Waals surface area contributed by atoms with Gasteiger partial charge in [-0.2, -0.15) is 0 Å². The first-order chi connectivity index (χ1) is 23.8. The van der Waals surface area contributed by atoms with Crippen molar-refractivity contribution in [2.45, 2.75) is 64.2 Å². The van der Waals surface area contributed by atoms with Crippen molar-refractivity contribution in [3.63, 3.8) is 0 Å². The van der Waals surface area contributed by atoms with Crippen LogP contribution >= 0.6 is 0 Å². The SMILES string of the molecule is CC(C)(c1ccc(CCCN2CCOCC2)o1)c1ccc(-c2ccc(-c3ccc(C(C)(C)c4ccc(CCCN5CCOCC5)o4)o3)o2)o1. The Bertz CT molecular complexity index is 1640. The second-order valence-corrected chi connectivity index (χ2v) is 14.4. The van der Waals surface area contributed by atoms with Crippen LogP contribution in [-0.4, -0.2) is 75.5 Å². The maximum absolute atomic E-state index is 6.37. The van der Waals surface area contributed by atoms with Crippen molar-refractivity contribution in [1.82, 2.24) is 9.80 Å². The Hall–Kier alpha value is -3.76. The summed E-state index contributed by atoms with van der Waals surface area (Å²) in [7, 11) is 0. The predicted molar refractivity (Wildman–Crippen MR) is 187 cm³/mol. The van der Waals surface area contributed by atoms with E-state index >= 15 is 0 Å². The first kappa shape index (κ1) is 33.7. The minimum atomic E-state index is -0.438. The summed E-state index contributed by atoms with van der Waals surface area (Å²) in [6.45, 7) is 18.0. The molecule has 2 fully saturated rings. The summed E-state index contributed by atoms with van der Waals surface area (Å²) in [5.41, 5.74) is -0.877. The van der Waals surface area contributed by atoms with E-state index in [1.54, 1.807) is 0 Å². The maximum Gasteiger partial charge on any atom is 0.170 e. The third kappa shape index (κ3) is 7.70. The minimum absolute atomic E-state index is 0.438. The van der Waals surface area contributed by atoms with Gasteiger partial charge in [0, 0.05) is 39.0 Å². The highest BCUT2D eigenvalue weighted by atomic mass is 16.5. The van der Waals surface area contributed by atoms with Crippen LogP contribution in [-0.2, 0) is 33.1 Å². The molecule has 0 spiro atoms. The summed E-state index contributed by atoms with van der Waals surface area (Å²) in [5.74, 6) is 8.03. The number of morpholine rings is 2. The monoisotopic (exact) mass is 670 g/mol. The molecule has 7 rings (SSSR count). The van der Waals surface area contributed by atoms with Gasteiger partial charge in [0.2, 0.25) is 0 Å². The Morgan fingerprint density at radius 1 is 0.449 bits per heavy atom. The summed E-state index contributed by atoms with van der Waals surface area (Å²) in [4.78, 5) is 4.91. The summed E-state index contributed by atoms with van der Waals surface area (Å²) < 4.78 is 42.6. The lowest BCUT2D eigenvalue weighted by Crippen LogP contribution is -2.36. The van der Waals surface area contributed by atoms with E-state index in [4.69, 9.17) is 31.6 Å². The number of hydrogen-bond acceptors (Lipinski definition) is 9. The number of nitrogens with zero attached hydrogens (tertiary/aromatic N) is 2. The molecule has 0 saturated carbocycles. The largest absolute Gasteiger partial charge is 0.465 e. The van der Waals surface area contributed by atoms with Crippen LogP contribution in [0.4, 0.5) is 0 Å². The lowest BCUT2D eigenvalue weighted by molar-refractivity contribution is 0.0372. The van der Waals surface area contributed by atoms with Crippen LogP contribution in [0.2, 0.25) is 0 Å². The van der Waals surface area contributed by atoms with Gasteiger partial charge in [0.15, 0.2) is 23.0 Å². The zero-order valence-corrected chi connectivity index (χ0v) is 29.4. The molecule has 2 saturated heterocycles. The van der Waals surface area contributed by atoms with Gasteiger partial charge in [-0.3, -0.25) is 9.80 Å². The molecule has 49 heavy (non-hydrogen) atoms. The normalized spacial score (nSPS) is 16.9. The van der Waals surface area contributed by atoms with E-state index in [1.807, 2.05) is 36.4 Å². The van der Waals surface area contributed by atoms with E-state index < -0.39 is 10.8 Å². The van der Waals surface area contributed by atoms with Crippen molar-refractivity contribution in [2.75, 3.05) is 65.7 Å². The Morgan fingerprint density at radius 2 is 0.796 bits per heavy atom. The summed E-state index contributed by atoms with van der Waals surface area (Å²) in [6, 6.07) is 20.1. The molecule has 0 radical (unpaired) electrons. The molecule has 2 aliphatic rings. The first-order valence-electron chi connectivity index (χ1n) is 17.9. The van der Waals surface area contributed by atoms with Crippen LogP contribution in [0.15, 0.2) is 82.7 Å². The van der Waals surface area contributed by atoms with Crippen molar-refractivity contribution in [1.29, 1.82) is 0 Å². The Morgan fingerprint density at radius 3 is 1.22 bits per heavy atom. The van der Waals surface area contributed by atoms with Gasteiger partial charge in [-0.25, -0.2) is 0 Å². The van der Waals surface area contributed by atoms with Crippen molar-refractivity contribution in [2.24, 2.45) is 0 Å². The predicted octanol–water partition coefficient (Wildman–Crippen LogP) is 8.17. The third-order valence-electron chi connectivity index (χ3n) is 10.1. The molecule has 0 N–H and O–H groups in total. The second kappa shape index (κ2) is 14.6. The topological polar surface area (TPSA) is 90.6 Å². The third-order valence-corrected chi connectivity index (χ3v) is 10.1. The smallest absolute Gasteiger partial charge is 0.170 e. The molecule has 0 unspecified atom stereocenters. The first-order valence-corrected chi connectivity index (χ1v) is 17.9. The van der Waals surface area contributed by atoms with E-state index in [1.165, 1.54) is 0 Å². The summed E-state index contributed by atoms with van der Waals surface area (Å²) in [5, 5.41) is 0. The fourth-order valence-electron chi connectivity index (χ4n) is 6.76. The molecule has 9 heteroatoms. The van der Waals surface area contributed by atoms with Gasteiger partial charge in [0.1, 0.15) is 34.6 Å². The van der Waals surface area contributed by atoms with Crippen molar-refractivity contribution >= 4 is 0 Å². The van der Waals surface area contributed by atoms with Gasteiger partial charge >= 0.3 is 0 Å². The van der Waals surface area contributed by atoms with Gasteiger partial charge in [-0.15, -0.1) is 0 Å². The van der Waals surface area contributed by atoms with Gasteiger partial charge in [0.25, 0.3) is 0 Å². The van der Waals surface area contributed by atoms with E-state index in [9.17, 15) is 0 Å². The second-order valence-electron chi connectivity index (χ2n) is 14.4. The van der Waals surface area contributed by atoms with Gasteiger partial charge in [0.05, 0.1) is 37.3 Å². The highest BCUT2D eigenvalue weighted by Gasteiger charge is 2.32. The maximum atomic E-state index is 6.37. The molecular weight excluding hydrogens is 620 g/mol. The molecule has 0 bridgehead atoms. The highest BCUT2D eigenvalue weighted by molar-refractivity contribution is 5.59. The molecule has 7 heterocycles. The fraction of sp³-hybridized carbons (Fsp3) is 0.500.